The van der Waals surface area contributed by atoms with Crippen LogP contribution in [0.5, 0.6) is 5.88 Å². The Morgan fingerprint density at radius 1 is 1.12 bits per heavy atom. The first-order chi connectivity index (χ1) is 16.1. The Labute approximate surface area is 196 Å². The molecule has 4 atom stereocenters. The first-order valence-electron chi connectivity index (χ1n) is 12.2. The first kappa shape index (κ1) is 21.9. The lowest BCUT2D eigenvalue weighted by atomic mass is 9.56. The molecule has 0 spiro atoms. The fourth-order valence-electron chi connectivity index (χ4n) is 6.50. The molecule has 0 amide bonds. The van der Waals surface area contributed by atoms with E-state index in [0.717, 1.165) is 48.9 Å². The predicted molar refractivity (Wildman–Crippen MR) is 129 cm³/mol. The molecule has 1 aromatic heterocycles. The molecule has 2 bridgehead atoms. The zero-order chi connectivity index (χ0) is 23.0. The zero-order valence-corrected chi connectivity index (χ0v) is 19.7. The molecule has 2 aromatic rings. The number of nitrogens with zero attached hydrogens (tertiary/aromatic N) is 1. The van der Waals surface area contributed by atoms with Gasteiger partial charge in [-0.1, -0.05) is 61.0 Å². The summed E-state index contributed by atoms with van der Waals surface area (Å²) in [6.45, 7) is 6.38. The van der Waals surface area contributed by atoms with E-state index < -0.39 is 5.41 Å². The summed E-state index contributed by atoms with van der Waals surface area (Å²) in [5.41, 5.74) is 4.64. The molecule has 3 aliphatic carbocycles. The van der Waals surface area contributed by atoms with Gasteiger partial charge in [-0.25, -0.2) is 4.98 Å². The van der Waals surface area contributed by atoms with Gasteiger partial charge < -0.3 is 9.47 Å². The van der Waals surface area contributed by atoms with Crippen LogP contribution in [0, 0.1) is 5.92 Å². The molecule has 2 fully saturated rings. The van der Waals surface area contributed by atoms with Crippen molar-refractivity contribution in [3.05, 3.63) is 83.1 Å². The summed E-state index contributed by atoms with van der Waals surface area (Å²) in [5.74, 6) is 0.929. The second-order valence-corrected chi connectivity index (χ2v) is 9.77. The minimum Gasteiger partial charge on any atom is -0.481 e. The third-order valence-electron chi connectivity index (χ3n) is 7.89. The standard InChI is InChI=1S/C29H33NO3/c1-4-23-21-16-19(2)18-29(23,24-14-15-27(32-3)30-25(24)17-21)28(31)33-26-13-9-8-12-22(26)20-10-6-5-7-11-20/h4-7,10-11,14-15,21-22,26H,2,8-9,12-13,16-18H2,1,3H3/b23-4+/t21-,22+,26-,29+/m1/s1. The molecule has 0 N–H and O–H groups in total. The lowest BCUT2D eigenvalue weighted by Crippen LogP contribution is -2.50. The Balaban J connectivity index is 1.55. The van der Waals surface area contributed by atoms with Crippen LogP contribution in [-0.4, -0.2) is 24.2 Å². The largest absolute Gasteiger partial charge is 0.481 e. The molecular formula is C29H33NO3. The molecule has 0 aliphatic heterocycles. The van der Waals surface area contributed by atoms with Crippen LogP contribution in [-0.2, 0) is 21.4 Å². The van der Waals surface area contributed by atoms with E-state index in [1.54, 1.807) is 7.11 Å². The highest BCUT2D eigenvalue weighted by atomic mass is 16.5. The maximum absolute atomic E-state index is 14.2. The van der Waals surface area contributed by atoms with Crippen LogP contribution >= 0.6 is 0 Å². The number of hydrogen-bond acceptors (Lipinski definition) is 4. The molecule has 0 unspecified atom stereocenters. The van der Waals surface area contributed by atoms with Gasteiger partial charge in [0.15, 0.2) is 0 Å². The van der Waals surface area contributed by atoms with Crippen LogP contribution in [0.2, 0.25) is 0 Å². The van der Waals surface area contributed by atoms with E-state index in [9.17, 15) is 4.79 Å². The molecule has 2 saturated carbocycles. The number of aromatic nitrogens is 1. The molecule has 0 radical (unpaired) electrons. The molecule has 33 heavy (non-hydrogen) atoms. The van der Waals surface area contributed by atoms with Gasteiger partial charge in [0.1, 0.15) is 11.5 Å². The van der Waals surface area contributed by atoms with Crippen LogP contribution in [0.4, 0.5) is 0 Å². The number of carbonyl (C=O) groups is 1. The van der Waals surface area contributed by atoms with Crippen molar-refractivity contribution in [3.63, 3.8) is 0 Å². The molecule has 4 heteroatoms. The highest BCUT2D eigenvalue weighted by Gasteiger charge is 2.55. The summed E-state index contributed by atoms with van der Waals surface area (Å²) < 4.78 is 11.9. The lowest BCUT2D eigenvalue weighted by Gasteiger charge is -2.48. The van der Waals surface area contributed by atoms with Crippen molar-refractivity contribution in [2.75, 3.05) is 7.11 Å². The van der Waals surface area contributed by atoms with Crippen molar-refractivity contribution in [3.8, 4) is 5.88 Å². The Kier molecular flexibility index (Phi) is 5.86. The van der Waals surface area contributed by atoms with E-state index >= 15 is 0 Å². The topological polar surface area (TPSA) is 48.4 Å². The van der Waals surface area contributed by atoms with Crippen molar-refractivity contribution >= 4 is 5.97 Å². The van der Waals surface area contributed by atoms with Gasteiger partial charge in [0.05, 0.1) is 7.11 Å². The van der Waals surface area contributed by atoms with Crippen LogP contribution < -0.4 is 4.74 Å². The smallest absolute Gasteiger partial charge is 0.321 e. The molecule has 0 saturated heterocycles. The highest BCUT2D eigenvalue weighted by Crippen LogP contribution is 2.54. The summed E-state index contributed by atoms with van der Waals surface area (Å²) in [6, 6.07) is 14.4. The number of benzene rings is 1. The number of ether oxygens (including phenoxy) is 2. The minimum atomic E-state index is -0.833. The van der Waals surface area contributed by atoms with Gasteiger partial charge in [0.25, 0.3) is 0 Å². The monoisotopic (exact) mass is 443 g/mol. The Hall–Kier alpha value is -2.88. The van der Waals surface area contributed by atoms with E-state index in [2.05, 4.69) is 36.9 Å². The zero-order valence-electron chi connectivity index (χ0n) is 19.7. The summed E-state index contributed by atoms with van der Waals surface area (Å²) in [4.78, 5) is 19.0. The van der Waals surface area contributed by atoms with Crippen molar-refractivity contribution in [1.82, 2.24) is 4.98 Å². The quantitative estimate of drug-likeness (QED) is 0.425. The van der Waals surface area contributed by atoms with Crippen molar-refractivity contribution in [2.24, 2.45) is 5.92 Å². The van der Waals surface area contributed by atoms with Crippen molar-refractivity contribution in [1.29, 1.82) is 0 Å². The van der Waals surface area contributed by atoms with Crippen LogP contribution in [0.1, 0.15) is 68.2 Å². The van der Waals surface area contributed by atoms with Gasteiger partial charge in [0.2, 0.25) is 5.88 Å². The van der Waals surface area contributed by atoms with Gasteiger partial charge in [-0.15, -0.1) is 0 Å². The lowest BCUT2D eigenvalue weighted by molar-refractivity contribution is -0.158. The van der Waals surface area contributed by atoms with Gasteiger partial charge in [-0.05, 0) is 68.1 Å². The molecular weight excluding hydrogens is 410 g/mol. The van der Waals surface area contributed by atoms with E-state index in [-0.39, 0.29) is 23.9 Å². The Bertz CT molecular complexity index is 1090. The molecule has 172 valence electrons. The average molecular weight is 444 g/mol. The average Bonchev–Trinajstić information content (AvgIpc) is 2.84. The normalized spacial score (nSPS) is 29.9. The predicted octanol–water partition coefficient (Wildman–Crippen LogP) is 6.07. The second-order valence-electron chi connectivity index (χ2n) is 9.77. The summed E-state index contributed by atoms with van der Waals surface area (Å²) in [5, 5.41) is 0. The third kappa shape index (κ3) is 3.70. The van der Waals surface area contributed by atoms with Crippen LogP contribution in [0.15, 0.2) is 66.3 Å². The Morgan fingerprint density at radius 2 is 1.91 bits per heavy atom. The fourth-order valence-corrected chi connectivity index (χ4v) is 6.50. The Morgan fingerprint density at radius 3 is 2.67 bits per heavy atom. The van der Waals surface area contributed by atoms with Crippen molar-refractivity contribution < 1.29 is 14.3 Å². The number of allylic oxidation sites excluding steroid dienone is 2. The van der Waals surface area contributed by atoms with E-state index in [0.29, 0.717) is 12.3 Å². The van der Waals surface area contributed by atoms with Gasteiger partial charge in [0, 0.05) is 17.7 Å². The fraction of sp³-hybridized carbons (Fsp3) is 0.448. The number of hydrogen-bond donors (Lipinski definition) is 0. The second kappa shape index (κ2) is 8.81. The molecule has 1 aromatic carbocycles. The molecule has 4 nitrogen and oxygen atoms in total. The summed E-state index contributed by atoms with van der Waals surface area (Å²) in [6.07, 6.45) is 8.54. The van der Waals surface area contributed by atoms with Gasteiger partial charge in [-0.2, -0.15) is 0 Å². The molecule has 3 aliphatic rings. The number of pyridine rings is 1. The number of esters is 1. The maximum atomic E-state index is 14.2. The minimum absolute atomic E-state index is 0.105. The SMILES string of the molecule is C=C1C[C@@H]2Cc3nc(OC)ccc3[C@](C(=O)O[C@@H]3CCCC[C@H]3c3ccccc3)(C1)/C2=C/C. The maximum Gasteiger partial charge on any atom is 0.321 e. The third-order valence-corrected chi connectivity index (χ3v) is 7.89. The van der Waals surface area contributed by atoms with Crippen LogP contribution in [0.25, 0.3) is 0 Å². The van der Waals surface area contributed by atoms with Gasteiger partial charge in [-0.3, -0.25) is 4.79 Å². The van der Waals surface area contributed by atoms with Crippen molar-refractivity contribution in [2.45, 2.75) is 69.3 Å². The summed E-state index contributed by atoms with van der Waals surface area (Å²) in [7, 11) is 1.63. The number of rotatable bonds is 4. The van der Waals surface area contributed by atoms with E-state index in [1.807, 2.05) is 25.1 Å². The van der Waals surface area contributed by atoms with Crippen LogP contribution in [0.3, 0.4) is 0 Å². The highest BCUT2D eigenvalue weighted by molar-refractivity contribution is 5.90. The number of carbonyl (C=O) groups excluding carboxylic acids is 1. The summed E-state index contributed by atoms with van der Waals surface area (Å²) >= 11 is 0. The number of methoxy groups -OCH3 is 1. The van der Waals surface area contributed by atoms with E-state index in [4.69, 9.17) is 14.5 Å². The first-order valence-corrected chi connectivity index (χ1v) is 12.2. The van der Waals surface area contributed by atoms with E-state index in [1.165, 1.54) is 17.6 Å². The molecule has 1 heterocycles. The van der Waals surface area contributed by atoms with Gasteiger partial charge >= 0.3 is 5.97 Å². The number of fused-ring (bicyclic) bond motifs is 4. The molecule has 5 rings (SSSR count).